The molecule has 1 aliphatic rings. The highest BCUT2D eigenvalue weighted by Gasteiger charge is 2.10. The third-order valence-corrected chi connectivity index (χ3v) is 2.77. The Morgan fingerprint density at radius 2 is 2.29 bits per heavy atom. The molecular weight excluding hydrogens is 218 g/mol. The average molecular weight is 225 g/mol. The third-order valence-electron chi connectivity index (χ3n) is 2.77. The van der Waals surface area contributed by atoms with E-state index < -0.39 is 0 Å². The molecule has 0 saturated carbocycles. The highest BCUT2D eigenvalue weighted by molar-refractivity contribution is 6.00. The first-order valence-electron chi connectivity index (χ1n) is 5.23. The van der Waals surface area contributed by atoms with Crippen LogP contribution in [0.3, 0.4) is 0 Å². The summed E-state index contributed by atoms with van der Waals surface area (Å²) in [6.07, 6.45) is 6.78. The lowest BCUT2D eigenvalue weighted by Gasteiger charge is -2.00. The van der Waals surface area contributed by atoms with Gasteiger partial charge in [-0.15, -0.1) is 0 Å². The van der Waals surface area contributed by atoms with Crippen LogP contribution >= 0.6 is 0 Å². The van der Waals surface area contributed by atoms with E-state index in [0.29, 0.717) is 17.9 Å². The van der Waals surface area contributed by atoms with Crippen LogP contribution in [-0.2, 0) is 4.74 Å². The molecule has 0 atom stereocenters. The predicted octanol–water partition coefficient (Wildman–Crippen LogP) is 0.320. The minimum absolute atomic E-state index is 0.547. The van der Waals surface area contributed by atoms with E-state index in [4.69, 9.17) is 9.15 Å². The van der Waals surface area contributed by atoms with E-state index in [-0.39, 0.29) is 0 Å². The van der Waals surface area contributed by atoms with Gasteiger partial charge in [0.2, 0.25) is 5.71 Å². The summed E-state index contributed by atoms with van der Waals surface area (Å²) in [5, 5.41) is 2.72. The van der Waals surface area contributed by atoms with Gasteiger partial charge in [-0.05, 0) is 12.1 Å². The van der Waals surface area contributed by atoms with Crippen molar-refractivity contribution in [1.82, 2.24) is 15.0 Å². The molecule has 0 N–H and O–H groups in total. The van der Waals surface area contributed by atoms with Gasteiger partial charge in [0.15, 0.2) is 5.58 Å². The molecule has 0 bridgehead atoms. The molecular formula is C12H7N3O2. The number of rotatable bonds is 0. The van der Waals surface area contributed by atoms with Crippen LogP contribution in [0, 0.1) is 0 Å². The lowest BCUT2D eigenvalue weighted by molar-refractivity contribution is 0.345. The molecule has 5 heteroatoms. The molecule has 0 amide bonds. The molecule has 5 nitrogen and oxygen atoms in total. The zero-order chi connectivity index (χ0) is 11.2. The molecule has 3 aromatic heterocycles. The number of ether oxygens (including phenoxy) is 1. The molecule has 0 unspecified atom stereocenters. The van der Waals surface area contributed by atoms with Crippen molar-refractivity contribution in [2.45, 2.75) is 0 Å². The van der Waals surface area contributed by atoms with Gasteiger partial charge in [-0.2, -0.15) is 0 Å². The standard InChI is InChI=1S/C12H7N3O2/c1-2-16-5-7-3-8-11-10(4-13-6-14-11)17-12(8)15-9(1)7/h1,3-6H,2H2. The molecule has 0 aromatic carbocycles. The average Bonchev–Trinajstić information content (AvgIpc) is 2.73. The van der Waals surface area contributed by atoms with E-state index in [1.807, 2.05) is 12.1 Å². The molecule has 82 valence electrons. The number of aromatic nitrogens is 3. The summed E-state index contributed by atoms with van der Waals surface area (Å²) in [6.45, 7) is 0.547. The van der Waals surface area contributed by atoms with Crippen molar-refractivity contribution < 1.29 is 9.15 Å². The van der Waals surface area contributed by atoms with Crippen LogP contribution in [0.2, 0.25) is 0 Å². The third kappa shape index (κ3) is 1.16. The Hall–Kier alpha value is -2.43. The molecule has 0 radical (unpaired) electrons. The molecule has 4 rings (SSSR count). The first-order valence-corrected chi connectivity index (χ1v) is 5.23. The van der Waals surface area contributed by atoms with Gasteiger partial charge < -0.3 is 9.15 Å². The van der Waals surface area contributed by atoms with Crippen LogP contribution in [-0.4, -0.2) is 21.6 Å². The van der Waals surface area contributed by atoms with Gasteiger partial charge in [0, 0.05) is 5.22 Å². The minimum Gasteiger partial charge on any atom is -0.496 e. The van der Waals surface area contributed by atoms with Crippen LogP contribution in [0.1, 0.15) is 0 Å². The molecule has 0 spiro atoms. The summed E-state index contributed by atoms with van der Waals surface area (Å²) in [5.74, 6) is 0. The Morgan fingerprint density at radius 3 is 3.29 bits per heavy atom. The van der Waals surface area contributed by atoms with Gasteiger partial charge in [0.05, 0.1) is 23.2 Å². The largest absolute Gasteiger partial charge is 0.496 e. The van der Waals surface area contributed by atoms with E-state index in [9.17, 15) is 0 Å². The van der Waals surface area contributed by atoms with Gasteiger partial charge in [-0.1, -0.05) is 0 Å². The monoisotopic (exact) mass is 225 g/mol. The van der Waals surface area contributed by atoms with E-state index in [2.05, 4.69) is 15.0 Å². The van der Waals surface area contributed by atoms with Gasteiger partial charge in [-0.3, -0.25) is 0 Å². The number of fused-ring (bicyclic) bond motifs is 4. The highest BCUT2D eigenvalue weighted by atomic mass is 16.5. The molecule has 4 heterocycles. The predicted molar refractivity (Wildman–Crippen MR) is 61.2 cm³/mol. The fraction of sp³-hybridized carbons (Fsp3) is 0.0833. The maximum absolute atomic E-state index is 5.61. The maximum atomic E-state index is 5.61. The second kappa shape index (κ2) is 3.04. The lowest BCUT2D eigenvalue weighted by atomic mass is 10.2. The minimum atomic E-state index is 0.547. The Bertz CT molecular complexity index is 851. The summed E-state index contributed by atoms with van der Waals surface area (Å²) in [7, 11) is 0. The zero-order valence-corrected chi connectivity index (χ0v) is 8.75. The number of furan rings is 1. The van der Waals surface area contributed by atoms with Gasteiger partial charge >= 0.3 is 0 Å². The van der Waals surface area contributed by atoms with Crippen molar-refractivity contribution in [1.29, 1.82) is 0 Å². The summed E-state index contributed by atoms with van der Waals surface area (Å²) >= 11 is 0. The fourth-order valence-electron chi connectivity index (χ4n) is 1.99. The first kappa shape index (κ1) is 8.69. The van der Waals surface area contributed by atoms with Crippen molar-refractivity contribution >= 4 is 34.5 Å². The summed E-state index contributed by atoms with van der Waals surface area (Å²) < 4.78 is 10.9. The second-order valence-electron chi connectivity index (χ2n) is 3.81. The topological polar surface area (TPSA) is 61.0 Å². The lowest BCUT2D eigenvalue weighted by Crippen LogP contribution is -2.31. The first-order chi connectivity index (χ1) is 8.42. The maximum Gasteiger partial charge on any atom is 0.229 e. The van der Waals surface area contributed by atoms with Crippen LogP contribution in [0.25, 0.3) is 34.5 Å². The molecule has 17 heavy (non-hydrogen) atoms. The smallest absolute Gasteiger partial charge is 0.229 e. The molecule has 0 aliphatic carbocycles. The van der Waals surface area contributed by atoms with Gasteiger partial charge in [0.25, 0.3) is 0 Å². The second-order valence-corrected chi connectivity index (χ2v) is 3.81. The Morgan fingerprint density at radius 1 is 1.29 bits per heavy atom. The van der Waals surface area contributed by atoms with E-state index >= 15 is 0 Å². The number of hydrogen-bond acceptors (Lipinski definition) is 5. The Kier molecular flexibility index (Phi) is 1.55. The SMILES string of the molecule is C1=c2cc3c(nc2=CCO1)oc1cncnc13. The number of hydrogen-bond donors (Lipinski definition) is 0. The van der Waals surface area contributed by atoms with Crippen LogP contribution in [0.5, 0.6) is 0 Å². The molecule has 0 fully saturated rings. The molecule has 1 aliphatic heterocycles. The normalized spacial score (nSPS) is 13.9. The van der Waals surface area contributed by atoms with Crippen molar-refractivity contribution in [3.05, 3.63) is 29.2 Å². The van der Waals surface area contributed by atoms with Crippen LogP contribution < -0.4 is 10.6 Å². The number of pyridine rings is 1. The van der Waals surface area contributed by atoms with Crippen molar-refractivity contribution in [3.8, 4) is 0 Å². The zero-order valence-electron chi connectivity index (χ0n) is 8.75. The van der Waals surface area contributed by atoms with Crippen molar-refractivity contribution in [2.24, 2.45) is 0 Å². The van der Waals surface area contributed by atoms with Crippen LogP contribution in [0.4, 0.5) is 0 Å². The Labute approximate surface area is 95.1 Å². The van der Waals surface area contributed by atoms with Gasteiger partial charge in [-0.25, -0.2) is 15.0 Å². The highest BCUT2D eigenvalue weighted by Crippen LogP contribution is 2.22. The van der Waals surface area contributed by atoms with Gasteiger partial charge in [0.1, 0.15) is 18.5 Å². The van der Waals surface area contributed by atoms with Crippen LogP contribution in [0.15, 0.2) is 23.0 Å². The number of nitrogens with zero attached hydrogens (tertiary/aromatic N) is 3. The summed E-state index contributed by atoms with van der Waals surface area (Å²) in [4.78, 5) is 12.6. The van der Waals surface area contributed by atoms with E-state index in [0.717, 1.165) is 21.5 Å². The van der Waals surface area contributed by atoms with Crippen molar-refractivity contribution in [2.75, 3.05) is 6.61 Å². The molecule has 3 aromatic rings. The molecule has 0 saturated heterocycles. The van der Waals surface area contributed by atoms with E-state index in [1.54, 1.807) is 12.5 Å². The Balaban J connectivity index is 2.28. The fourth-order valence-corrected chi connectivity index (χ4v) is 1.99. The summed E-state index contributed by atoms with van der Waals surface area (Å²) in [6, 6.07) is 1.98. The van der Waals surface area contributed by atoms with E-state index in [1.165, 1.54) is 6.33 Å². The van der Waals surface area contributed by atoms with Crippen molar-refractivity contribution in [3.63, 3.8) is 0 Å². The quantitative estimate of drug-likeness (QED) is 0.551. The summed E-state index contributed by atoms with van der Waals surface area (Å²) in [5.41, 5.74) is 2.02.